The topological polar surface area (TPSA) is 120 Å². The van der Waals surface area contributed by atoms with Gasteiger partial charge in [0.25, 0.3) is 5.91 Å². The second-order valence-electron chi connectivity index (χ2n) is 12.9. The fraction of sp³-hybridized carbons (Fsp3) is 0.333. The van der Waals surface area contributed by atoms with Gasteiger partial charge in [-0.15, -0.1) is 0 Å². The predicted octanol–water partition coefficient (Wildman–Crippen LogP) is 6.49. The average molecular weight is 695 g/mol. The van der Waals surface area contributed by atoms with E-state index >= 15 is 0 Å². The fourth-order valence-electron chi connectivity index (χ4n) is 6.58. The molecule has 2 N–H and O–H groups in total. The molecular formula is C39H43FN6O5. The van der Waals surface area contributed by atoms with Crippen LogP contribution in [0.15, 0.2) is 73.2 Å². The molecule has 1 aliphatic rings. The number of piperidine rings is 1. The second-order valence-corrected chi connectivity index (χ2v) is 12.9. The number of carbonyl (C=O) groups excluding carboxylic acids is 2. The quantitative estimate of drug-likeness (QED) is 0.152. The number of carbonyl (C=O) groups is 2. The standard InChI is InChI=1S/C39H43FN6O5/c1-24(2)39(48)45-16-14-26(15-17-45)32-22-46(29-10-6-25(7-11-29)20-42-38(47)31-18-28(40)9-13-33(31)50-4)36-35(32)43-23-44-37(36)41-21-27-8-12-30(49-3)19-34(27)51-5/h6-13,18-19,22-24,26H,14-17,20-21H2,1-5H3,(H,42,47)(H,41,43,44). The minimum atomic E-state index is -0.515. The molecule has 266 valence electrons. The Labute approximate surface area is 296 Å². The number of nitrogens with zero attached hydrogens (tertiary/aromatic N) is 4. The number of ether oxygens (including phenoxy) is 3. The highest BCUT2D eigenvalue weighted by molar-refractivity contribution is 5.97. The Morgan fingerprint density at radius 2 is 1.65 bits per heavy atom. The van der Waals surface area contributed by atoms with Crippen molar-refractivity contribution < 1.29 is 28.2 Å². The number of halogens is 1. The number of rotatable bonds is 12. The summed E-state index contributed by atoms with van der Waals surface area (Å²) in [7, 11) is 4.69. The van der Waals surface area contributed by atoms with Gasteiger partial charge in [-0.2, -0.15) is 0 Å². The number of fused-ring (bicyclic) bond motifs is 1. The zero-order valence-corrected chi connectivity index (χ0v) is 29.5. The van der Waals surface area contributed by atoms with Crippen LogP contribution in [0, 0.1) is 11.7 Å². The first kappa shape index (κ1) is 35.2. The lowest BCUT2D eigenvalue weighted by Crippen LogP contribution is -2.40. The minimum absolute atomic E-state index is 0.0328. The van der Waals surface area contributed by atoms with E-state index in [0.29, 0.717) is 42.7 Å². The Bertz CT molecular complexity index is 2020. The molecule has 0 unspecified atom stereocenters. The number of hydrogen-bond acceptors (Lipinski definition) is 8. The van der Waals surface area contributed by atoms with Crippen LogP contribution in [-0.4, -0.2) is 65.7 Å². The van der Waals surface area contributed by atoms with Crippen molar-refractivity contribution in [2.75, 3.05) is 39.7 Å². The number of amides is 2. The summed E-state index contributed by atoms with van der Waals surface area (Å²) in [4.78, 5) is 37.0. The van der Waals surface area contributed by atoms with E-state index in [-0.39, 0.29) is 29.9 Å². The lowest BCUT2D eigenvalue weighted by molar-refractivity contribution is -0.135. The van der Waals surface area contributed by atoms with Crippen molar-refractivity contribution in [2.24, 2.45) is 5.92 Å². The smallest absolute Gasteiger partial charge is 0.255 e. The van der Waals surface area contributed by atoms with Crippen molar-refractivity contribution in [1.29, 1.82) is 0 Å². The molecule has 0 bridgehead atoms. The zero-order chi connectivity index (χ0) is 36.1. The molecule has 51 heavy (non-hydrogen) atoms. The zero-order valence-electron chi connectivity index (χ0n) is 29.5. The van der Waals surface area contributed by atoms with Crippen LogP contribution < -0.4 is 24.8 Å². The van der Waals surface area contributed by atoms with E-state index < -0.39 is 11.7 Å². The highest BCUT2D eigenvalue weighted by Crippen LogP contribution is 2.37. The molecule has 3 aromatic carbocycles. The van der Waals surface area contributed by atoms with E-state index in [1.54, 1.807) is 20.5 Å². The van der Waals surface area contributed by atoms with Crippen molar-refractivity contribution >= 4 is 28.7 Å². The summed E-state index contributed by atoms with van der Waals surface area (Å²) >= 11 is 0. The second kappa shape index (κ2) is 15.5. The van der Waals surface area contributed by atoms with Crippen LogP contribution in [0.3, 0.4) is 0 Å². The van der Waals surface area contributed by atoms with Crippen LogP contribution >= 0.6 is 0 Å². The van der Waals surface area contributed by atoms with Gasteiger partial charge in [0.2, 0.25) is 5.91 Å². The third-order valence-electron chi connectivity index (χ3n) is 9.36. The fourth-order valence-corrected chi connectivity index (χ4v) is 6.58. The Morgan fingerprint density at radius 3 is 2.33 bits per heavy atom. The molecule has 11 nitrogen and oxygen atoms in total. The normalized spacial score (nSPS) is 13.4. The summed E-state index contributed by atoms with van der Waals surface area (Å²) < 4.78 is 32.2. The Hall–Kier alpha value is -5.65. The van der Waals surface area contributed by atoms with Crippen molar-refractivity contribution in [3.8, 4) is 22.9 Å². The highest BCUT2D eigenvalue weighted by atomic mass is 19.1. The van der Waals surface area contributed by atoms with E-state index in [1.165, 1.54) is 19.2 Å². The molecular weight excluding hydrogens is 651 g/mol. The Morgan fingerprint density at radius 1 is 0.902 bits per heavy atom. The molecule has 5 aromatic rings. The first-order valence-corrected chi connectivity index (χ1v) is 17.0. The number of likely N-dealkylation sites (tertiary alicyclic amines) is 1. The molecule has 6 rings (SSSR count). The predicted molar refractivity (Wildman–Crippen MR) is 193 cm³/mol. The molecule has 0 radical (unpaired) electrons. The molecule has 1 fully saturated rings. The van der Waals surface area contributed by atoms with Gasteiger partial charge in [-0.05, 0) is 72.4 Å². The van der Waals surface area contributed by atoms with Crippen LogP contribution in [0.5, 0.6) is 17.2 Å². The van der Waals surface area contributed by atoms with Gasteiger partial charge in [0.15, 0.2) is 5.82 Å². The SMILES string of the molecule is COc1ccc(CNc2ncnc3c(C4CCN(C(=O)C(C)C)CC4)cn(-c4ccc(CNC(=O)c5cc(F)ccc5OC)cc4)c23)c(OC)c1. The van der Waals surface area contributed by atoms with Gasteiger partial charge in [-0.3, -0.25) is 9.59 Å². The maximum Gasteiger partial charge on any atom is 0.255 e. The van der Waals surface area contributed by atoms with Gasteiger partial charge in [0.05, 0.1) is 32.4 Å². The third-order valence-corrected chi connectivity index (χ3v) is 9.36. The number of benzene rings is 3. The molecule has 0 spiro atoms. The lowest BCUT2D eigenvalue weighted by Gasteiger charge is -2.33. The number of anilines is 1. The first-order valence-electron chi connectivity index (χ1n) is 17.0. The van der Waals surface area contributed by atoms with E-state index in [2.05, 4.69) is 26.4 Å². The van der Waals surface area contributed by atoms with Crippen LogP contribution in [0.2, 0.25) is 0 Å². The van der Waals surface area contributed by atoms with Gasteiger partial charge >= 0.3 is 0 Å². The molecule has 1 aliphatic heterocycles. The Kier molecular flexibility index (Phi) is 10.7. The Balaban J connectivity index is 1.29. The van der Waals surface area contributed by atoms with Crippen molar-refractivity contribution in [1.82, 2.24) is 24.8 Å². The number of nitrogens with one attached hydrogen (secondary N) is 2. The molecule has 0 saturated carbocycles. The van der Waals surface area contributed by atoms with Gasteiger partial charge in [0.1, 0.15) is 34.9 Å². The van der Waals surface area contributed by atoms with Crippen LogP contribution in [0.4, 0.5) is 10.2 Å². The van der Waals surface area contributed by atoms with E-state index in [0.717, 1.165) is 52.3 Å². The summed E-state index contributed by atoms with van der Waals surface area (Å²) in [6, 6.07) is 17.4. The summed E-state index contributed by atoms with van der Waals surface area (Å²) in [5.74, 6) is 1.79. The van der Waals surface area contributed by atoms with Crippen LogP contribution in [0.25, 0.3) is 16.7 Å². The maximum atomic E-state index is 13.9. The number of hydrogen-bond donors (Lipinski definition) is 2. The molecule has 3 heterocycles. The van der Waals surface area contributed by atoms with E-state index in [4.69, 9.17) is 19.2 Å². The average Bonchev–Trinajstić information content (AvgIpc) is 3.56. The van der Waals surface area contributed by atoms with Crippen molar-refractivity contribution in [2.45, 2.75) is 45.7 Å². The summed E-state index contributed by atoms with van der Waals surface area (Å²) in [6.45, 7) is 5.97. The molecule has 0 aliphatic carbocycles. The van der Waals surface area contributed by atoms with Crippen molar-refractivity contribution in [3.63, 3.8) is 0 Å². The minimum Gasteiger partial charge on any atom is -0.497 e. The maximum absolute atomic E-state index is 13.9. The summed E-state index contributed by atoms with van der Waals surface area (Å²) in [6.07, 6.45) is 5.39. The highest BCUT2D eigenvalue weighted by Gasteiger charge is 2.29. The van der Waals surface area contributed by atoms with Crippen LogP contribution in [0.1, 0.15) is 59.7 Å². The molecule has 0 atom stereocenters. The third kappa shape index (κ3) is 7.59. The van der Waals surface area contributed by atoms with Crippen molar-refractivity contribution in [3.05, 3.63) is 101 Å². The number of methoxy groups -OCH3 is 3. The molecule has 12 heteroatoms. The van der Waals surface area contributed by atoms with E-state index in [9.17, 15) is 14.0 Å². The largest absolute Gasteiger partial charge is 0.497 e. The van der Waals surface area contributed by atoms with Gasteiger partial charge in [0, 0.05) is 55.6 Å². The molecule has 1 saturated heterocycles. The first-order chi connectivity index (χ1) is 24.7. The van der Waals surface area contributed by atoms with Crippen LogP contribution in [-0.2, 0) is 17.9 Å². The summed E-state index contributed by atoms with van der Waals surface area (Å²) in [5, 5.41) is 6.38. The lowest BCUT2D eigenvalue weighted by atomic mass is 9.90. The molecule has 2 amide bonds. The van der Waals surface area contributed by atoms with Gasteiger partial charge in [-0.1, -0.05) is 26.0 Å². The van der Waals surface area contributed by atoms with Gasteiger partial charge < -0.3 is 34.3 Å². The van der Waals surface area contributed by atoms with Gasteiger partial charge in [-0.25, -0.2) is 14.4 Å². The molecule has 2 aromatic heterocycles. The monoisotopic (exact) mass is 694 g/mol. The van der Waals surface area contributed by atoms with E-state index in [1.807, 2.05) is 61.2 Å². The summed E-state index contributed by atoms with van der Waals surface area (Å²) in [5.41, 5.74) is 5.61. The number of aromatic nitrogens is 3.